The summed E-state index contributed by atoms with van der Waals surface area (Å²) in [5.41, 5.74) is 0. The normalized spacial score (nSPS) is 21.5. The molecule has 0 fully saturated rings. The predicted octanol–water partition coefficient (Wildman–Crippen LogP) is 1.83. The van der Waals surface area contributed by atoms with E-state index in [-0.39, 0.29) is 0 Å². The largest absolute Gasteiger partial charge is 0.480 e. The Balaban J connectivity index is 2.57. The van der Waals surface area contributed by atoms with Crippen LogP contribution in [0.3, 0.4) is 0 Å². The van der Waals surface area contributed by atoms with Crippen molar-refractivity contribution in [2.75, 3.05) is 0 Å². The van der Waals surface area contributed by atoms with Crippen LogP contribution in [0.1, 0.15) is 0 Å². The maximum absolute atomic E-state index is 10.4. The number of carboxylic acids is 1. The van der Waals surface area contributed by atoms with Gasteiger partial charge in [-0.1, -0.05) is 28.1 Å². The summed E-state index contributed by atoms with van der Waals surface area (Å²) < 4.78 is -0.419. The fourth-order valence-corrected chi connectivity index (χ4v) is 2.70. The molecule has 0 aromatic rings. The topological polar surface area (TPSA) is 37.3 Å². The van der Waals surface area contributed by atoms with E-state index >= 15 is 0 Å². The number of halogens is 1. The van der Waals surface area contributed by atoms with E-state index in [0.717, 1.165) is 0 Å². The van der Waals surface area contributed by atoms with E-state index in [0.29, 0.717) is 0 Å². The fraction of sp³-hybridized carbons (Fsp3) is 0.167. The second-order valence-corrected chi connectivity index (χ2v) is 5.43. The lowest BCUT2D eigenvalue weighted by molar-refractivity contribution is -0.134. The van der Waals surface area contributed by atoms with Crippen LogP contribution < -0.4 is 0 Å². The summed E-state index contributed by atoms with van der Waals surface area (Å²) in [4.78, 5) is 10.4. The van der Waals surface area contributed by atoms with E-state index in [9.17, 15) is 4.79 Å². The Morgan fingerprint density at radius 2 is 2.00 bits per heavy atom. The Bertz CT molecular complexity index is 188. The fourth-order valence-electron chi connectivity index (χ4n) is 0.626. The first kappa shape index (κ1) is 7.88. The molecule has 4 heteroatoms. The van der Waals surface area contributed by atoms with Crippen LogP contribution in [0.4, 0.5) is 0 Å². The molecule has 10 heavy (non-hydrogen) atoms. The summed E-state index contributed by atoms with van der Waals surface area (Å²) in [7, 11) is -0.590. The molecule has 1 N–H and O–H groups in total. The van der Waals surface area contributed by atoms with Crippen LogP contribution in [-0.2, 0) is 4.79 Å². The van der Waals surface area contributed by atoms with Gasteiger partial charge in [-0.15, -0.1) is 0 Å². The van der Waals surface area contributed by atoms with Gasteiger partial charge in [-0.25, -0.2) is 0 Å². The third kappa shape index (κ3) is 1.64. The van der Waals surface area contributed by atoms with Gasteiger partial charge in [0, 0.05) is 0 Å². The van der Waals surface area contributed by atoms with Crippen LogP contribution >= 0.6 is 26.8 Å². The maximum atomic E-state index is 10.4. The van der Waals surface area contributed by atoms with Gasteiger partial charge in [-0.05, 0) is 10.8 Å². The van der Waals surface area contributed by atoms with Crippen molar-refractivity contribution in [1.82, 2.24) is 0 Å². The van der Waals surface area contributed by atoms with E-state index in [1.165, 1.54) is 0 Å². The number of rotatable bonds is 2. The highest BCUT2D eigenvalue weighted by atomic mass is 79.9. The van der Waals surface area contributed by atoms with E-state index in [1.54, 1.807) is 0 Å². The summed E-state index contributed by atoms with van der Waals surface area (Å²) in [6.07, 6.45) is 3.76. The molecule has 0 amide bonds. The van der Waals surface area contributed by atoms with Crippen LogP contribution in [0.2, 0.25) is 0 Å². The van der Waals surface area contributed by atoms with Gasteiger partial charge in [0.1, 0.15) is 4.16 Å². The number of aliphatic carboxylic acids is 1. The Hall–Kier alpha value is -0.220. The minimum atomic E-state index is -0.790. The standard InChI is InChI=1S/C6H7BrO2S/c7-5(6(8)9)10-3-1-2-4-10/h1-5,10H,(H,8,9). The Labute approximate surface area is 70.1 Å². The molecule has 0 aromatic carbocycles. The zero-order chi connectivity index (χ0) is 7.56. The van der Waals surface area contributed by atoms with Gasteiger partial charge < -0.3 is 5.11 Å². The summed E-state index contributed by atoms with van der Waals surface area (Å²) >= 11 is 3.10. The molecule has 56 valence electrons. The lowest BCUT2D eigenvalue weighted by Gasteiger charge is -2.12. The van der Waals surface area contributed by atoms with Crippen molar-refractivity contribution in [3.05, 3.63) is 23.0 Å². The second kappa shape index (κ2) is 3.25. The van der Waals surface area contributed by atoms with Crippen LogP contribution in [0.15, 0.2) is 23.0 Å². The number of alkyl halides is 1. The van der Waals surface area contributed by atoms with Gasteiger partial charge in [-0.2, -0.15) is 10.9 Å². The minimum absolute atomic E-state index is 0.419. The minimum Gasteiger partial charge on any atom is -0.480 e. The van der Waals surface area contributed by atoms with E-state index in [1.807, 2.05) is 23.0 Å². The smallest absolute Gasteiger partial charge is 0.326 e. The maximum Gasteiger partial charge on any atom is 0.326 e. The molecule has 1 heterocycles. The van der Waals surface area contributed by atoms with E-state index in [4.69, 9.17) is 5.11 Å². The first-order valence-electron chi connectivity index (χ1n) is 2.71. The van der Waals surface area contributed by atoms with Crippen molar-refractivity contribution in [1.29, 1.82) is 0 Å². The van der Waals surface area contributed by atoms with Gasteiger partial charge in [0.15, 0.2) is 0 Å². The van der Waals surface area contributed by atoms with Crippen molar-refractivity contribution in [3.63, 3.8) is 0 Å². The van der Waals surface area contributed by atoms with E-state index in [2.05, 4.69) is 15.9 Å². The van der Waals surface area contributed by atoms with Crippen LogP contribution in [-0.4, -0.2) is 15.2 Å². The van der Waals surface area contributed by atoms with Crippen molar-refractivity contribution < 1.29 is 9.90 Å². The molecule has 1 atom stereocenters. The molecule has 2 nitrogen and oxygen atoms in total. The Morgan fingerprint density at radius 1 is 1.50 bits per heavy atom. The van der Waals surface area contributed by atoms with Gasteiger partial charge in [0.05, 0.1) is 0 Å². The quantitative estimate of drug-likeness (QED) is 0.553. The number of carboxylic acid groups (broad SMARTS) is 1. The number of hydrogen-bond acceptors (Lipinski definition) is 1. The SMILES string of the molecule is O=C(O)C(Br)[SH]1C=CC=C1. The lowest BCUT2D eigenvalue weighted by Crippen LogP contribution is -2.10. The third-order valence-corrected chi connectivity index (χ3v) is 4.68. The molecule has 0 bridgehead atoms. The number of hydrogen-bond donors (Lipinski definition) is 2. The Morgan fingerprint density at radius 3 is 2.40 bits per heavy atom. The molecule has 0 aromatic heterocycles. The van der Waals surface area contributed by atoms with Crippen LogP contribution in [0, 0.1) is 0 Å². The molecule has 0 saturated carbocycles. The van der Waals surface area contributed by atoms with Crippen molar-refractivity contribution in [2.24, 2.45) is 0 Å². The molecule has 0 aliphatic carbocycles. The zero-order valence-electron chi connectivity index (χ0n) is 5.07. The molecule has 0 saturated heterocycles. The third-order valence-electron chi connectivity index (χ3n) is 1.09. The highest BCUT2D eigenvalue weighted by Gasteiger charge is 2.18. The molecule has 1 aliphatic heterocycles. The number of allylic oxidation sites excluding steroid dienone is 2. The molecule has 1 unspecified atom stereocenters. The monoisotopic (exact) mass is 222 g/mol. The van der Waals surface area contributed by atoms with Gasteiger partial charge >= 0.3 is 5.97 Å². The summed E-state index contributed by atoms with van der Waals surface area (Å²) in [5, 5.41) is 12.4. The van der Waals surface area contributed by atoms with E-state index < -0.39 is 21.0 Å². The first-order chi connectivity index (χ1) is 4.72. The molecule has 0 radical (unpaired) electrons. The molecular formula is C6H7BrO2S. The zero-order valence-corrected chi connectivity index (χ0v) is 7.55. The van der Waals surface area contributed by atoms with Crippen molar-refractivity contribution >= 4 is 32.8 Å². The molecule has 0 spiro atoms. The average Bonchev–Trinajstić information content (AvgIpc) is 2.36. The van der Waals surface area contributed by atoms with Crippen molar-refractivity contribution in [3.8, 4) is 0 Å². The number of thiol groups is 1. The average molecular weight is 223 g/mol. The molecule has 1 aliphatic rings. The first-order valence-corrected chi connectivity index (χ1v) is 5.17. The lowest BCUT2D eigenvalue weighted by atomic mass is 10.6. The van der Waals surface area contributed by atoms with Crippen LogP contribution in [0.5, 0.6) is 0 Å². The van der Waals surface area contributed by atoms with Crippen LogP contribution in [0.25, 0.3) is 0 Å². The van der Waals surface area contributed by atoms with Gasteiger partial charge in [0.2, 0.25) is 0 Å². The highest BCUT2D eigenvalue weighted by Crippen LogP contribution is 2.41. The molecular weight excluding hydrogens is 216 g/mol. The van der Waals surface area contributed by atoms with Gasteiger partial charge in [0.25, 0.3) is 0 Å². The Kier molecular flexibility index (Phi) is 2.56. The predicted molar refractivity (Wildman–Crippen MR) is 47.6 cm³/mol. The summed E-state index contributed by atoms with van der Waals surface area (Å²) in [5.74, 6) is -0.790. The molecule has 1 rings (SSSR count). The van der Waals surface area contributed by atoms with Gasteiger partial charge in [-0.3, -0.25) is 4.79 Å². The highest BCUT2D eigenvalue weighted by molar-refractivity contribution is 9.12. The number of carbonyl (C=O) groups is 1. The van der Waals surface area contributed by atoms with Crippen molar-refractivity contribution in [2.45, 2.75) is 4.16 Å². The summed E-state index contributed by atoms with van der Waals surface area (Å²) in [6, 6.07) is 0. The second-order valence-electron chi connectivity index (χ2n) is 1.80. The summed E-state index contributed by atoms with van der Waals surface area (Å²) in [6.45, 7) is 0.